The molecule has 1 aliphatic heterocycles. The molecule has 2 fully saturated rings. The predicted molar refractivity (Wildman–Crippen MR) is 103 cm³/mol. The van der Waals surface area contributed by atoms with Gasteiger partial charge in [-0.15, -0.1) is 0 Å². The van der Waals surface area contributed by atoms with Crippen LogP contribution in [-0.4, -0.2) is 60.9 Å². The Kier molecular flexibility index (Phi) is 6.45. The Balaban J connectivity index is 1.38. The summed E-state index contributed by atoms with van der Waals surface area (Å²) in [6.45, 7) is 6.95. The highest BCUT2D eigenvalue weighted by atomic mass is 16.2. The van der Waals surface area contributed by atoms with Crippen LogP contribution in [0.25, 0.3) is 6.08 Å². The Labute approximate surface area is 156 Å². The van der Waals surface area contributed by atoms with Crippen molar-refractivity contribution in [3.8, 4) is 0 Å². The van der Waals surface area contributed by atoms with Gasteiger partial charge in [0.25, 0.3) is 0 Å². The van der Waals surface area contributed by atoms with Crippen LogP contribution < -0.4 is 5.32 Å². The average Bonchev–Trinajstić information content (AvgIpc) is 3.48. The fourth-order valence-electron chi connectivity index (χ4n) is 3.42. The van der Waals surface area contributed by atoms with Crippen LogP contribution in [0.15, 0.2) is 36.4 Å². The van der Waals surface area contributed by atoms with Crippen LogP contribution in [0, 0.1) is 11.8 Å². The maximum Gasteiger partial charge on any atom is 0.226 e. The summed E-state index contributed by atoms with van der Waals surface area (Å²) in [7, 11) is 0. The third kappa shape index (κ3) is 4.94. The minimum atomic E-state index is -0.0964. The molecule has 2 unspecified atom stereocenters. The fourth-order valence-corrected chi connectivity index (χ4v) is 3.42. The molecule has 1 aliphatic carbocycles. The lowest BCUT2D eigenvalue weighted by atomic mass is 10.2. The molecule has 0 radical (unpaired) electrons. The highest BCUT2D eigenvalue weighted by molar-refractivity contribution is 5.92. The molecule has 0 spiro atoms. The Morgan fingerprint density at radius 1 is 1.12 bits per heavy atom. The second-order valence-corrected chi connectivity index (χ2v) is 7.18. The number of nitrogens with zero attached hydrogens (tertiary/aromatic N) is 2. The monoisotopic (exact) mass is 355 g/mol. The van der Waals surface area contributed by atoms with E-state index < -0.39 is 0 Å². The number of nitrogens with one attached hydrogen (secondary N) is 1. The van der Waals surface area contributed by atoms with Crippen molar-refractivity contribution in [3.63, 3.8) is 0 Å². The van der Waals surface area contributed by atoms with Gasteiger partial charge in [0.15, 0.2) is 0 Å². The smallest absolute Gasteiger partial charge is 0.226 e. The van der Waals surface area contributed by atoms with Crippen molar-refractivity contribution >= 4 is 17.9 Å². The normalized spacial score (nSPS) is 23.2. The zero-order chi connectivity index (χ0) is 18.4. The number of amides is 2. The SMILES string of the molecule is CCCNC(=O)C1CC1C(=O)N1CCN(C/C=C/c2ccccc2)CC1. The van der Waals surface area contributed by atoms with E-state index in [1.54, 1.807) is 0 Å². The van der Waals surface area contributed by atoms with Crippen molar-refractivity contribution in [3.05, 3.63) is 42.0 Å². The quantitative estimate of drug-likeness (QED) is 0.814. The van der Waals surface area contributed by atoms with Crippen LogP contribution in [0.1, 0.15) is 25.3 Å². The molecule has 1 N–H and O–H groups in total. The summed E-state index contributed by atoms with van der Waals surface area (Å²) in [5, 5.41) is 2.90. The van der Waals surface area contributed by atoms with Gasteiger partial charge in [0.2, 0.25) is 11.8 Å². The molecule has 1 heterocycles. The van der Waals surface area contributed by atoms with E-state index in [2.05, 4.69) is 34.5 Å². The van der Waals surface area contributed by atoms with Crippen molar-refractivity contribution in [2.45, 2.75) is 19.8 Å². The molecule has 2 amide bonds. The van der Waals surface area contributed by atoms with Gasteiger partial charge in [-0.3, -0.25) is 14.5 Å². The van der Waals surface area contributed by atoms with Gasteiger partial charge in [0.1, 0.15) is 0 Å². The minimum absolute atomic E-state index is 0.0508. The number of hydrogen-bond donors (Lipinski definition) is 1. The van der Waals surface area contributed by atoms with Crippen LogP contribution in [0.4, 0.5) is 0 Å². The number of rotatable bonds is 7. The van der Waals surface area contributed by atoms with Crippen LogP contribution in [0.5, 0.6) is 0 Å². The molecule has 5 nitrogen and oxygen atoms in total. The van der Waals surface area contributed by atoms with Crippen LogP contribution in [0.2, 0.25) is 0 Å². The summed E-state index contributed by atoms with van der Waals surface area (Å²) in [6.07, 6.45) is 5.97. The first-order chi connectivity index (χ1) is 12.7. The molecular weight excluding hydrogens is 326 g/mol. The van der Waals surface area contributed by atoms with Gasteiger partial charge < -0.3 is 10.2 Å². The molecule has 26 heavy (non-hydrogen) atoms. The lowest BCUT2D eigenvalue weighted by Gasteiger charge is -2.34. The zero-order valence-corrected chi connectivity index (χ0v) is 15.6. The molecule has 2 aliphatic rings. The second kappa shape index (κ2) is 8.99. The summed E-state index contributed by atoms with van der Waals surface area (Å²) in [5.41, 5.74) is 1.21. The molecule has 3 rings (SSSR count). The van der Waals surface area contributed by atoms with Crippen molar-refractivity contribution in [2.24, 2.45) is 11.8 Å². The van der Waals surface area contributed by atoms with Crippen molar-refractivity contribution in [1.82, 2.24) is 15.1 Å². The first-order valence-corrected chi connectivity index (χ1v) is 9.69. The lowest BCUT2D eigenvalue weighted by molar-refractivity contribution is -0.136. The Morgan fingerprint density at radius 2 is 1.85 bits per heavy atom. The molecule has 2 atom stereocenters. The van der Waals surface area contributed by atoms with Crippen LogP contribution in [0.3, 0.4) is 0 Å². The van der Waals surface area contributed by atoms with Gasteiger partial charge in [-0.05, 0) is 18.4 Å². The van der Waals surface area contributed by atoms with Gasteiger partial charge in [0.05, 0.1) is 11.8 Å². The number of hydrogen-bond acceptors (Lipinski definition) is 3. The van der Waals surface area contributed by atoms with E-state index in [-0.39, 0.29) is 23.7 Å². The lowest BCUT2D eigenvalue weighted by Crippen LogP contribution is -2.49. The summed E-state index contributed by atoms with van der Waals surface area (Å²) in [4.78, 5) is 28.8. The van der Waals surface area contributed by atoms with Crippen molar-refractivity contribution in [1.29, 1.82) is 0 Å². The van der Waals surface area contributed by atoms with E-state index in [1.807, 2.05) is 30.0 Å². The molecule has 1 aromatic rings. The summed E-state index contributed by atoms with van der Waals surface area (Å²) < 4.78 is 0. The highest BCUT2D eigenvalue weighted by Gasteiger charge is 2.49. The van der Waals surface area contributed by atoms with Gasteiger partial charge in [-0.25, -0.2) is 0 Å². The summed E-state index contributed by atoms with van der Waals surface area (Å²) in [6, 6.07) is 10.3. The Bertz CT molecular complexity index is 636. The molecule has 140 valence electrons. The zero-order valence-electron chi connectivity index (χ0n) is 15.6. The average molecular weight is 355 g/mol. The number of carbonyl (C=O) groups excluding carboxylic acids is 2. The summed E-state index contributed by atoms with van der Waals surface area (Å²) >= 11 is 0. The van der Waals surface area contributed by atoms with E-state index in [0.29, 0.717) is 13.0 Å². The molecule has 0 aromatic heterocycles. The maximum atomic E-state index is 12.6. The molecular formula is C21H29N3O2. The third-order valence-corrected chi connectivity index (χ3v) is 5.15. The maximum absolute atomic E-state index is 12.6. The molecule has 0 bridgehead atoms. The molecule has 1 saturated heterocycles. The number of carbonyl (C=O) groups is 2. The van der Waals surface area contributed by atoms with Gasteiger partial charge in [0, 0.05) is 39.3 Å². The molecule has 5 heteroatoms. The van der Waals surface area contributed by atoms with E-state index in [0.717, 1.165) is 39.1 Å². The van der Waals surface area contributed by atoms with E-state index in [1.165, 1.54) is 5.56 Å². The summed E-state index contributed by atoms with van der Waals surface area (Å²) in [5.74, 6) is 0.0354. The van der Waals surface area contributed by atoms with Gasteiger partial charge in [-0.2, -0.15) is 0 Å². The third-order valence-electron chi connectivity index (χ3n) is 5.15. The van der Waals surface area contributed by atoms with Crippen molar-refractivity contribution < 1.29 is 9.59 Å². The van der Waals surface area contributed by atoms with Gasteiger partial charge in [-0.1, -0.05) is 49.4 Å². The van der Waals surface area contributed by atoms with E-state index >= 15 is 0 Å². The largest absolute Gasteiger partial charge is 0.356 e. The first-order valence-electron chi connectivity index (χ1n) is 9.69. The molecule has 1 aromatic carbocycles. The Hall–Kier alpha value is -2.14. The molecule has 1 saturated carbocycles. The standard InChI is InChI=1S/C21H29N3O2/c1-2-10-22-20(25)18-16-19(18)21(26)24-14-12-23(13-15-24)11-6-9-17-7-4-3-5-8-17/h3-9,18-19H,2,10-16H2,1H3,(H,22,25)/b9-6+. The van der Waals surface area contributed by atoms with Crippen LogP contribution in [-0.2, 0) is 9.59 Å². The number of benzene rings is 1. The van der Waals surface area contributed by atoms with E-state index in [4.69, 9.17) is 0 Å². The minimum Gasteiger partial charge on any atom is -0.356 e. The van der Waals surface area contributed by atoms with Crippen molar-refractivity contribution in [2.75, 3.05) is 39.3 Å². The highest BCUT2D eigenvalue weighted by Crippen LogP contribution is 2.40. The predicted octanol–water partition coefficient (Wildman–Crippen LogP) is 2.01. The number of piperazine rings is 1. The Morgan fingerprint density at radius 3 is 2.54 bits per heavy atom. The van der Waals surface area contributed by atoms with Crippen LogP contribution >= 0.6 is 0 Å². The first kappa shape index (κ1) is 18.6. The fraction of sp³-hybridized carbons (Fsp3) is 0.524. The van der Waals surface area contributed by atoms with Gasteiger partial charge >= 0.3 is 0 Å². The topological polar surface area (TPSA) is 52.7 Å². The van der Waals surface area contributed by atoms with E-state index in [9.17, 15) is 9.59 Å². The second-order valence-electron chi connectivity index (χ2n) is 7.18.